The molecular weight excluding hydrogens is 300 g/mol. The van der Waals surface area contributed by atoms with Crippen molar-refractivity contribution < 1.29 is 28.6 Å². The highest BCUT2D eigenvalue weighted by Crippen LogP contribution is 2.06. The van der Waals surface area contributed by atoms with Crippen molar-refractivity contribution in [1.82, 2.24) is 0 Å². The summed E-state index contributed by atoms with van der Waals surface area (Å²) in [6.45, 7) is 6.32. The molecule has 0 rings (SSSR count). The van der Waals surface area contributed by atoms with Gasteiger partial charge in [0, 0.05) is 12.8 Å². The second-order valence-corrected chi connectivity index (χ2v) is 5.43. The van der Waals surface area contributed by atoms with Gasteiger partial charge in [-0.1, -0.05) is 26.7 Å². The summed E-state index contributed by atoms with van der Waals surface area (Å²) in [6, 6.07) is 0. The first-order chi connectivity index (χ1) is 11.0. The fraction of sp³-hybridized carbons (Fsp3) is 0.824. The van der Waals surface area contributed by atoms with Crippen LogP contribution < -0.4 is 0 Å². The molecule has 0 heterocycles. The molecule has 0 spiro atoms. The predicted octanol–water partition coefficient (Wildman–Crippen LogP) is 3.17. The van der Waals surface area contributed by atoms with Crippen molar-refractivity contribution in [3.63, 3.8) is 0 Å². The lowest BCUT2D eigenvalue weighted by atomic mass is 10.2. The van der Waals surface area contributed by atoms with E-state index in [0.717, 1.165) is 25.7 Å². The van der Waals surface area contributed by atoms with Crippen LogP contribution in [0.3, 0.4) is 0 Å². The van der Waals surface area contributed by atoms with Crippen LogP contribution in [0.15, 0.2) is 0 Å². The van der Waals surface area contributed by atoms with Gasteiger partial charge in [0.1, 0.15) is 0 Å². The summed E-state index contributed by atoms with van der Waals surface area (Å²) in [4.78, 5) is 34.5. The van der Waals surface area contributed by atoms with Crippen LogP contribution in [-0.4, -0.2) is 37.2 Å². The van der Waals surface area contributed by atoms with Gasteiger partial charge in [-0.15, -0.1) is 0 Å². The lowest BCUT2D eigenvalue weighted by Gasteiger charge is -2.12. The lowest BCUT2D eigenvalue weighted by Crippen LogP contribution is -2.26. The van der Waals surface area contributed by atoms with Crippen LogP contribution in [0.25, 0.3) is 0 Å². The highest BCUT2D eigenvalue weighted by molar-refractivity contribution is 5.79. The molecule has 0 unspecified atom stereocenters. The molecule has 0 N–H and O–H groups in total. The van der Waals surface area contributed by atoms with Gasteiger partial charge in [0.2, 0.25) is 0 Å². The van der Waals surface area contributed by atoms with Gasteiger partial charge >= 0.3 is 17.9 Å². The summed E-state index contributed by atoms with van der Waals surface area (Å²) >= 11 is 0. The minimum atomic E-state index is -0.890. The third kappa shape index (κ3) is 12.6. The minimum absolute atomic E-state index is 0.175. The summed E-state index contributed by atoms with van der Waals surface area (Å²) < 4.78 is 15.0. The Kier molecular flexibility index (Phi) is 13.1. The van der Waals surface area contributed by atoms with E-state index in [-0.39, 0.29) is 12.4 Å². The van der Waals surface area contributed by atoms with Crippen LogP contribution in [0.1, 0.15) is 72.1 Å². The zero-order valence-electron chi connectivity index (χ0n) is 14.6. The third-order valence-corrected chi connectivity index (χ3v) is 3.16. The van der Waals surface area contributed by atoms with Gasteiger partial charge in [0.25, 0.3) is 0 Å². The normalized spacial score (nSPS) is 11.6. The molecule has 0 saturated heterocycles. The maximum absolute atomic E-state index is 11.6. The van der Waals surface area contributed by atoms with Crippen molar-refractivity contribution in [2.24, 2.45) is 0 Å². The number of hydrogen-bond acceptors (Lipinski definition) is 6. The molecule has 0 aliphatic carbocycles. The predicted molar refractivity (Wildman–Crippen MR) is 85.8 cm³/mol. The highest BCUT2D eigenvalue weighted by atomic mass is 16.6. The smallest absolute Gasteiger partial charge is 0.347 e. The number of unbranched alkanes of at least 4 members (excludes halogenated alkanes) is 3. The molecule has 6 heteroatoms. The fourth-order valence-electron chi connectivity index (χ4n) is 1.68. The van der Waals surface area contributed by atoms with Gasteiger partial charge in [-0.25, -0.2) is 4.79 Å². The molecule has 134 valence electrons. The number of carbonyl (C=O) groups excluding carboxylic acids is 3. The van der Waals surface area contributed by atoms with Crippen molar-refractivity contribution in [1.29, 1.82) is 0 Å². The Bertz CT molecular complexity index is 353. The van der Waals surface area contributed by atoms with E-state index in [1.165, 1.54) is 6.92 Å². The summed E-state index contributed by atoms with van der Waals surface area (Å²) in [7, 11) is 0. The maximum atomic E-state index is 11.6. The van der Waals surface area contributed by atoms with Gasteiger partial charge in [-0.2, -0.15) is 0 Å². The molecule has 6 nitrogen and oxygen atoms in total. The second kappa shape index (κ2) is 14.0. The van der Waals surface area contributed by atoms with Crippen LogP contribution in [0.4, 0.5) is 0 Å². The first-order valence-corrected chi connectivity index (χ1v) is 8.53. The van der Waals surface area contributed by atoms with Crippen LogP contribution in [0.5, 0.6) is 0 Å². The van der Waals surface area contributed by atoms with E-state index in [4.69, 9.17) is 14.2 Å². The SMILES string of the molecule is CCCCOC(=O)CCCCC(=O)O[C@@H](C)C(=O)OCCCC. The zero-order chi connectivity index (χ0) is 17.5. The van der Waals surface area contributed by atoms with Crippen molar-refractivity contribution >= 4 is 17.9 Å². The number of rotatable bonds is 13. The first kappa shape index (κ1) is 21.4. The largest absolute Gasteiger partial charge is 0.466 e. The third-order valence-electron chi connectivity index (χ3n) is 3.16. The Balaban J connectivity index is 3.69. The minimum Gasteiger partial charge on any atom is -0.466 e. The van der Waals surface area contributed by atoms with E-state index in [2.05, 4.69) is 0 Å². The van der Waals surface area contributed by atoms with Gasteiger partial charge in [0.05, 0.1) is 13.2 Å². The fourth-order valence-corrected chi connectivity index (χ4v) is 1.68. The topological polar surface area (TPSA) is 78.9 Å². The van der Waals surface area contributed by atoms with Gasteiger partial charge in [-0.3, -0.25) is 9.59 Å². The van der Waals surface area contributed by atoms with E-state index in [1.807, 2.05) is 13.8 Å². The Labute approximate surface area is 138 Å². The molecule has 0 aromatic heterocycles. The summed E-state index contributed by atoms with van der Waals surface area (Å²) in [5, 5.41) is 0. The lowest BCUT2D eigenvalue weighted by molar-refractivity contribution is -0.166. The van der Waals surface area contributed by atoms with Gasteiger partial charge < -0.3 is 14.2 Å². The Hall–Kier alpha value is -1.59. The van der Waals surface area contributed by atoms with E-state index < -0.39 is 18.0 Å². The zero-order valence-corrected chi connectivity index (χ0v) is 14.6. The van der Waals surface area contributed by atoms with Gasteiger partial charge in [-0.05, 0) is 32.6 Å². The summed E-state index contributed by atoms with van der Waals surface area (Å²) in [5.41, 5.74) is 0. The average Bonchev–Trinajstić information content (AvgIpc) is 2.52. The van der Waals surface area contributed by atoms with Crippen molar-refractivity contribution in [3.8, 4) is 0 Å². The number of esters is 3. The number of ether oxygens (including phenoxy) is 3. The quantitative estimate of drug-likeness (QED) is 0.293. The molecule has 1 atom stereocenters. The Morgan fingerprint density at radius 3 is 1.87 bits per heavy atom. The first-order valence-electron chi connectivity index (χ1n) is 8.53. The summed E-state index contributed by atoms with van der Waals surface area (Å²) in [5.74, 6) is -1.21. The molecule has 0 fully saturated rings. The van der Waals surface area contributed by atoms with E-state index >= 15 is 0 Å². The van der Waals surface area contributed by atoms with Gasteiger partial charge in [0.15, 0.2) is 6.10 Å². The molecule has 0 saturated carbocycles. The van der Waals surface area contributed by atoms with Crippen LogP contribution in [-0.2, 0) is 28.6 Å². The van der Waals surface area contributed by atoms with Crippen LogP contribution in [0.2, 0.25) is 0 Å². The monoisotopic (exact) mass is 330 g/mol. The molecule has 0 aliphatic rings. The molecule has 0 amide bonds. The number of hydrogen-bond donors (Lipinski definition) is 0. The molecule has 0 aliphatic heterocycles. The summed E-state index contributed by atoms with van der Waals surface area (Å²) in [6.07, 6.45) is 4.25. The van der Waals surface area contributed by atoms with Crippen molar-refractivity contribution in [3.05, 3.63) is 0 Å². The molecule has 0 bridgehead atoms. The maximum Gasteiger partial charge on any atom is 0.347 e. The van der Waals surface area contributed by atoms with Crippen molar-refractivity contribution in [2.45, 2.75) is 78.2 Å². The van der Waals surface area contributed by atoms with E-state index in [1.54, 1.807) is 0 Å². The second-order valence-electron chi connectivity index (χ2n) is 5.43. The Morgan fingerprint density at radius 2 is 1.30 bits per heavy atom. The molecule has 0 radical (unpaired) electrons. The van der Waals surface area contributed by atoms with Crippen LogP contribution >= 0.6 is 0 Å². The highest BCUT2D eigenvalue weighted by Gasteiger charge is 2.18. The van der Waals surface area contributed by atoms with E-state index in [9.17, 15) is 14.4 Å². The molecule has 23 heavy (non-hydrogen) atoms. The average molecular weight is 330 g/mol. The van der Waals surface area contributed by atoms with E-state index in [0.29, 0.717) is 32.5 Å². The molecule has 0 aromatic rings. The van der Waals surface area contributed by atoms with Crippen LogP contribution in [0, 0.1) is 0 Å². The molecular formula is C17H30O6. The Morgan fingerprint density at radius 1 is 0.783 bits per heavy atom. The van der Waals surface area contributed by atoms with Crippen molar-refractivity contribution in [2.75, 3.05) is 13.2 Å². The standard InChI is InChI=1S/C17H30O6/c1-4-6-12-21-15(18)10-8-9-11-16(19)23-14(3)17(20)22-13-7-5-2/h14H,4-13H2,1-3H3/t14-/m0/s1. The molecule has 0 aromatic carbocycles. The number of carbonyl (C=O) groups is 3.